The average molecular weight is 328 g/mol. The molecule has 0 aliphatic heterocycles. The van der Waals surface area contributed by atoms with Crippen LogP contribution in [-0.2, 0) is 14.3 Å². The van der Waals surface area contributed by atoms with Gasteiger partial charge >= 0.3 is 5.97 Å². The average Bonchev–Trinajstić information content (AvgIpc) is 2.60. The molecule has 0 bridgehead atoms. The van der Waals surface area contributed by atoms with Gasteiger partial charge in [-0.1, -0.05) is 36.4 Å². The van der Waals surface area contributed by atoms with Crippen LogP contribution in [0.1, 0.15) is 30.4 Å². The van der Waals surface area contributed by atoms with Crippen LogP contribution in [0.2, 0.25) is 0 Å². The highest BCUT2D eigenvalue weighted by Crippen LogP contribution is 2.36. The molecule has 0 saturated carbocycles. The van der Waals surface area contributed by atoms with Crippen LogP contribution in [0.15, 0.2) is 48.5 Å². The lowest BCUT2D eigenvalue weighted by Crippen LogP contribution is -2.19. The minimum Gasteiger partial charge on any atom is -0.508 e. The van der Waals surface area contributed by atoms with Gasteiger partial charge in [0.05, 0.1) is 13.7 Å². The van der Waals surface area contributed by atoms with E-state index in [-0.39, 0.29) is 12.2 Å². The first-order valence-electron chi connectivity index (χ1n) is 7.68. The van der Waals surface area contributed by atoms with Crippen LogP contribution in [0.5, 0.6) is 11.5 Å². The molecule has 0 fully saturated rings. The highest BCUT2D eigenvalue weighted by molar-refractivity contribution is 6.33. The molecule has 0 unspecified atom stereocenters. The molecule has 0 amide bonds. The first-order valence-corrected chi connectivity index (χ1v) is 7.68. The third kappa shape index (κ3) is 4.13. The van der Waals surface area contributed by atoms with Gasteiger partial charge in [-0.15, -0.1) is 0 Å². The van der Waals surface area contributed by atoms with Crippen molar-refractivity contribution in [3.8, 4) is 11.5 Å². The molecule has 5 nitrogen and oxygen atoms in total. The Kier molecular flexibility index (Phi) is 5.95. The second kappa shape index (κ2) is 8.15. The van der Waals surface area contributed by atoms with E-state index in [9.17, 15) is 14.7 Å². The predicted molar refractivity (Wildman–Crippen MR) is 89.2 cm³/mol. The van der Waals surface area contributed by atoms with Crippen molar-refractivity contribution in [2.75, 3.05) is 13.7 Å². The van der Waals surface area contributed by atoms with Gasteiger partial charge in [-0.2, -0.15) is 0 Å². The molecule has 5 heteroatoms. The summed E-state index contributed by atoms with van der Waals surface area (Å²) in [4.78, 5) is 23.5. The van der Waals surface area contributed by atoms with Crippen molar-refractivity contribution in [1.82, 2.24) is 0 Å². The maximum atomic E-state index is 12.0. The molecule has 126 valence electrons. The van der Waals surface area contributed by atoms with E-state index in [2.05, 4.69) is 4.74 Å². The van der Waals surface area contributed by atoms with Gasteiger partial charge in [-0.3, -0.25) is 4.79 Å². The van der Waals surface area contributed by atoms with Crippen LogP contribution in [0.4, 0.5) is 0 Å². The summed E-state index contributed by atoms with van der Waals surface area (Å²) < 4.78 is 9.86. The highest BCUT2D eigenvalue weighted by Gasteiger charge is 2.25. The second-order valence-corrected chi connectivity index (χ2v) is 5.24. The van der Waals surface area contributed by atoms with Crippen LogP contribution in [-0.4, -0.2) is 30.6 Å². The van der Waals surface area contributed by atoms with Gasteiger partial charge in [0.25, 0.3) is 0 Å². The van der Waals surface area contributed by atoms with Gasteiger partial charge in [-0.25, -0.2) is 4.79 Å². The van der Waals surface area contributed by atoms with Crippen LogP contribution < -0.4 is 4.74 Å². The summed E-state index contributed by atoms with van der Waals surface area (Å²) in [5, 5.41) is 10.4. The number of carbonyl (C=O) groups excluding carboxylic acids is 2. The van der Waals surface area contributed by atoms with Crippen LogP contribution in [0.25, 0.3) is 0 Å². The Hall–Kier alpha value is -2.82. The molecular weight excluding hydrogens is 308 g/mol. The fourth-order valence-corrected chi connectivity index (χ4v) is 2.55. The predicted octanol–water partition coefficient (Wildman–Crippen LogP) is 3.06. The fourth-order valence-electron chi connectivity index (χ4n) is 2.55. The summed E-state index contributed by atoms with van der Waals surface area (Å²) in [6.07, 6.45) is -0.0851. The summed E-state index contributed by atoms with van der Waals surface area (Å²) >= 11 is 0. The molecule has 0 heterocycles. The Labute approximate surface area is 140 Å². The Morgan fingerprint density at radius 2 is 1.83 bits per heavy atom. The smallest absolute Gasteiger partial charge is 0.374 e. The SMILES string of the molecule is CCOc1ccc([C@H](CC(=O)C(=O)OC)c2ccccc2)c(O)c1. The van der Waals surface area contributed by atoms with E-state index >= 15 is 0 Å². The van der Waals surface area contributed by atoms with Crippen molar-refractivity contribution in [3.05, 3.63) is 59.7 Å². The minimum absolute atomic E-state index is 0.0208. The molecular formula is C19H20O5. The summed E-state index contributed by atoms with van der Waals surface area (Å²) in [5.74, 6) is -1.41. The van der Waals surface area contributed by atoms with Crippen LogP contribution >= 0.6 is 0 Å². The number of methoxy groups -OCH3 is 1. The van der Waals surface area contributed by atoms with Crippen molar-refractivity contribution in [3.63, 3.8) is 0 Å². The molecule has 0 radical (unpaired) electrons. The summed E-state index contributed by atoms with van der Waals surface area (Å²) in [5.41, 5.74) is 1.39. The lowest BCUT2D eigenvalue weighted by atomic mass is 9.86. The zero-order chi connectivity index (χ0) is 17.5. The number of hydrogen-bond donors (Lipinski definition) is 1. The number of rotatable bonds is 7. The van der Waals surface area contributed by atoms with Crippen LogP contribution in [0, 0.1) is 0 Å². The molecule has 2 rings (SSSR count). The fraction of sp³-hybridized carbons (Fsp3) is 0.263. The summed E-state index contributed by atoms with van der Waals surface area (Å²) in [6.45, 7) is 2.34. The normalized spacial score (nSPS) is 11.6. The van der Waals surface area contributed by atoms with Crippen molar-refractivity contribution in [2.45, 2.75) is 19.3 Å². The van der Waals surface area contributed by atoms with Crippen molar-refractivity contribution < 1.29 is 24.2 Å². The van der Waals surface area contributed by atoms with E-state index in [1.165, 1.54) is 13.2 Å². The quantitative estimate of drug-likeness (QED) is 0.625. The Morgan fingerprint density at radius 3 is 2.42 bits per heavy atom. The van der Waals surface area contributed by atoms with E-state index in [0.29, 0.717) is 17.9 Å². The van der Waals surface area contributed by atoms with E-state index in [1.807, 2.05) is 37.3 Å². The molecule has 1 atom stereocenters. The van der Waals surface area contributed by atoms with E-state index in [1.54, 1.807) is 12.1 Å². The number of benzene rings is 2. The summed E-state index contributed by atoms with van der Waals surface area (Å²) in [6, 6.07) is 14.2. The van der Waals surface area contributed by atoms with Crippen molar-refractivity contribution in [1.29, 1.82) is 0 Å². The second-order valence-electron chi connectivity index (χ2n) is 5.24. The van der Waals surface area contributed by atoms with Crippen LogP contribution in [0.3, 0.4) is 0 Å². The number of ketones is 1. The minimum atomic E-state index is -0.888. The van der Waals surface area contributed by atoms with Crippen molar-refractivity contribution >= 4 is 11.8 Å². The lowest BCUT2D eigenvalue weighted by Gasteiger charge is -2.19. The van der Waals surface area contributed by atoms with E-state index < -0.39 is 17.7 Å². The summed E-state index contributed by atoms with van der Waals surface area (Å²) in [7, 11) is 1.17. The number of hydrogen-bond acceptors (Lipinski definition) is 5. The zero-order valence-corrected chi connectivity index (χ0v) is 13.7. The number of phenolic OH excluding ortho intramolecular Hbond substituents is 1. The zero-order valence-electron chi connectivity index (χ0n) is 13.7. The molecule has 2 aromatic rings. The molecule has 1 N–H and O–H groups in total. The standard InChI is InChI=1S/C19H20O5/c1-3-24-14-9-10-15(17(20)11-14)16(12-18(21)19(22)23-2)13-7-5-4-6-8-13/h4-11,16,20H,3,12H2,1-2H3/t16-/m1/s1. The molecule has 0 aliphatic carbocycles. The van der Waals surface area contributed by atoms with Gasteiger partial charge in [-0.05, 0) is 18.6 Å². The maximum Gasteiger partial charge on any atom is 0.374 e. The lowest BCUT2D eigenvalue weighted by molar-refractivity contribution is -0.151. The van der Waals surface area contributed by atoms with Crippen molar-refractivity contribution in [2.24, 2.45) is 0 Å². The van der Waals surface area contributed by atoms with E-state index in [0.717, 1.165) is 5.56 Å². The van der Waals surface area contributed by atoms with E-state index in [4.69, 9.17) is 4.74 Å². The van der Waals surface area contributed by atoms with Gasteiger partial charge in [0, 0.05) is 24.0 Å². The number of ether oxygens (including phenoxy) is 2. The number of Topliss-reactive ketones (excluding diaryl/α,β-unsaturated/α-hetero) is 1. The first-order chi connectivity index (χ1) is 11.6. The molecule has 24 heavy (non-hydrogen) atoms. The molecule has 2 aromatic carbocycles. The third-order valence-electron chi connectivity index (χ3n) is 3.69. The highest BCUT2D eigenvalue weighted by atomic mass is 16.5. The maximum absolute atomic E-state index is 12.0. The van der Waals surface area contributed by atoms with Gasteiger partial charge in [0.2, 0.25) is 5.78 Å². The Morgan fingerprint density at radius 1 is 1.12 bits per heavy atom. The number of esters is 1. The molecule has 0 aromatic heterocycles. The third-order valence-corrected chi connectivity index (χ3v) is 3.69. The molecule has 0 aliphatic rings. The van der Waals surface area contributed by atoms with Gasteiger partial charge in [0.15, 0.2) is 0 Å². The largest absolute Gasteiger partial charge is 0.508 e. The van der Waals surface area contributed by atoms with Gasteiger partial charge < -0.3 is 14.6 Å². The first kappa shape index (κ1) is 17.5. The Bertz CT molecular complexity index is 709. The number of carbonyl (C=O) groups is 2. The number of aromatic hydroxyl groups is 1. The topological polar surface area (TPSA) is 72.8 Å². The monoisotopic (exact) mass is 328 g/mol. The molecule has 0 spiro atoms. The van der Waals surface area contributed by atoms with Gasteiger partial charge in [0.1, 0.15) is 11.5 Å². The molecule has 0 saturated heterocycles. The number of phenols is 1. The Balaban J connectivity index is 2.39.